The Morgan fingerprint density at radius 1 is 1.35 bits per heavy atom. The standard InChI is InChI=1S/C16H32N2O2/c1-4-14-10-7-6-8-12-18(14)13-9-11-16(5-2,17-3)15(19)20/h14,17H,4-13H2,1-3H3,(H,19,20). The molecule has 1 fully saturated rings. The van der Waals surface area contributed by atoms with Crippen LogP contribution in [-0.2, 0) is 4.79 Å². The van der Waals surface area contributed by atoms with E-state index >= 15 is 0 Å². The number of carboxylic acid groups (broad SMARTS) is 1. The second-order valence-corrected chi connectivity index (χ2v) is 6.04. The maximum Gasteiger partial charge on any atom is 0.323 e. The van der Waals surface area contributed by atoms with Crippen LogP contribution in [0.3, 0.4) is 0 Å². The number of aliphatic carboxylic acids is 1. The van der Waals surface area contributed by atoms with Crippen molar-refractivity contribution in [3.05, 3.63) is 0 Å². The summed E-state index contributed by atoms with van der Waals surface area (Å²) in [7, 11) is 1.76. The highest BCUT2D eigenvalue weighted by Gasteiger charge is 2.34. The van der Waals surface area contributed by atoms with Crippen LogP contribution >= 0.6 is 0 Å². The van der Waals surface area contributed by atoms with Crippen molar-refractivity contribution in [2.24, 2.45) is 0 Å². The molecule has 0 aromatic heterocycles. The second kappa shape index (κ2) is 8.63. The van der Waals surface area contributed by atoms with Gasteiger partial charge in [-0.05, 0) is 58.7 Å². The molecule has 0 bridgehead atoms. The van der Waals surface area contributed by atoms with E-state index in [2.05, 4.69) is 17.1 Å². The smallest absolute Gasteiger partial charge is 0.323 e. The van der Waals surface area contributed by atoms with Crippen molar-refractivity contribution in [3.63, 3.8) is 0 Å². The average Bonchev–Trinajstić information content (AvgIpc) is 2.68. The van der Waals surface area contributed by atoms with Crippen LogP contribution in [0.2, 0.25) is 0 Å². The highest BCUT2D eigenvalue weighted by atomic mass is 16.4. The van der Waals surface area contributed by atoms with E-state index in [4.69, 9.17) is 0 Å². The summed E-state index contributed by atoms with van der Waals surface area (Å²) in [5.41, 5.74) is -0.742. The van der Waals surface area contributed by atoms with Crippen LogP contribution in [0.15, 0.2) is 0 Å². The summed E-state index contributed by atoms with van der Waals surface area (Å²) in [4.78, 5) is 14.1. The monoisotopic (exact) mass is 284 g/mol. The Hall–Kier alpha value is -0.610. The molecule has 0 amide bonds. The lowest BCUT2D eigenvalue weighted by molar-refractivity contribution is -0.145. The fourth-order valence-electron chi connectivity index (χ4n) is 3.42. The summed E-state index contributed by atoms with van der Waals surface area (Å²) >= 11 is 0. The van der Waals surface area contributed by atoms with E-state index in [1.807, 2.05) is 6.92 Å². The maximum absolute atomic E-state index is 11.5. The highest BCUT2D eigenvalue weighted by Crippen LogP contribution is 2.22. The first-order valence-electron chi connectivity index (χ1n) is 8.26. The first kappa shape index (κ1) is 17.4. The molecule has 1 aliphatic heterocycles. The van der Waals surface area contributed by atoms with Crippen LogP contribution < -0.4 is 5.32 Å². The molecule has 0 radical (unpaired) electrons. The molecule has 0 spiro atoms. The second-order valence-electron chi connectivity index (χ2n) is 6.04. The van der Waals surface area contributed by atoms with Gasteiger partial charge in [-0.3, -0.25) is 4.79 Å². The maximum atomic E-state index is 11.5. The summed E-state index contributed by atoms with van der Waals surface area (Å²) in [5, 5.41) is 12.4. The summed E-state index contributed by atoms with van der Waals surface area (Å²) < 4.78 is 0. The molecule has 2 atom stereocenters. The van der Waals surface area contributed by atoms with Crippen LogP contribution in [0.25, 0.3) is 0 Å². The van der Waals surface area contributed by atoms with E-state index in [9.17, 15) is 9.90 Å². The van der Waals surface area contributed by atoms with Crippen LogP contribution in [0.5, 0.6) is 0 Å². The predicted octanol–water partition coefficient (Wildman–Crippen LogP) is 2.87. The Bertz CT molecular complexity index is 290. The van der Waals surface area contributed by atoms with Gasteiger partial charge in [0.05, 0.1) is 0 Å². The third kappa shape index (κ3) is 4.45. The minimum atomic E-state index is -0.742. The zero-order valence-corrected chi connectivity index (χ0v) is 13.5. The summed E-state index contributed by atoms with van der Waals surface area (Å²) in [6.07, 6.45) is 8.80. The van der Waals surface area contributed by atoms with Gasteiger partial charge in [-0.2, -0.15) is 0 Å². The van der Waals surface area contributed by atoms with Gasteiger partial charge in [-0.25, -0.2) is 0 Å². The van der Waals surface area contributed by atoms with Crippen molar-refractivity contribution in [1.82, 2.24) is 10.2 Å². The van der Waals surface area contributed by atoms with E-state index in [0.29, 0.717) is 18.9 Å². The van der Waals surface area contributed by atoms with Gasteiger partial charge in [-0.1, -0.05) is 26.7 Å². The van der Waals surface area contributed by atoms with Gasteiger partial charge in [0.2, 0.25) is 0 Å². The molecule has 1 heterocycles. The van der Waals surface area contributed by atoms with Crippen molar-refractivity contribution in [2.75, 3.05) is 20.1 Å². The fraction of sp³-hybridized carbons (Fsp3) is 0.938. The van der Waals surface area contributed by atoms with Crippen molar-refractivity contribution in [3.8, 4) is 0 Å². The summed E-state index contributed by atoms with van der Waals surface area (Å²) in [6, 6.07) is 0.702. The van der Waals surface area contributed by atoms with Crippen molar-refractivity contribution < 1.29 is 9.90 Å². The number of likely N-dealkylation sites (N-methyl/N-ethyl adjacent to an activating group) is 1. The molecular weight excluding hydrogens is 252 g/mol. The van der Waals surface area contributed by atoms with Gasteiger partial charge in [0.1, 0.15) is 5.54 Å². The number of carbonyl (C=O) groups is 1. The Morgan fingerprint density at radius 3 is 2.65 bits per heavy atom. The molecule has 0 saturated carbocycles. The topological polar surface area (TPSA) is 52.6 Å². The molecule has 2 N–H and O–H groups in total. The van der Waals surface area contributed by atoms with Crippen molar-refractivity contribution in [2.45, 2.75) is 76.8 Å². The Balaban J connectivity index is 2.50. The molecule has 4 heteroatoms. The average molecular weight is 284 g/mol. The molecule has 2 unspecified atom stereocenters. The highest BCUT2D eigenvalue weighted by molar-refractivity contribution is 5.78. The van der Waals surface area contributed by atoms with Gasteiger partial charge in [0.25, 0.3) is 0 Å². The molecule has 1 saturated heterocycles. The van der Waals surface area contributed by atoms with E-state index in [-0.39, 0.29) is 0 Å². The normalized spacial score (nSPS) is 24.1. The lowest BCUT2D eigenvalue weighted by Gasteiger charge is -2.32. The SMILES string of the molecule is CCC1CCCCCN1CCCC(CC)(NC)C(=O)O. The number of hydrogen-bond donors (Lipinski definition) is 2. The first-order valence-corrected chi connectivity index (χ1v) is 8.26. The van der Waals surface area contributed by atoms with E-state index < -0.39 is 11.5 Å². The Kier molecular flexibility index (Phi) is 7.52. The van der Waals surface area contributed by atoms with Gasteiger partial charge in [-0.15, -0.1) is 0 Å². The Morgan fingerprint density at radius 2 is 2.10 bits per heavy atom. The van der Waals surface area contributed by atoms with Crippen LogP contribution in [-0.4, -0.2) is 47.7 Å². The molecule has 4 nitrogen and oxygen atoms in total. The molecule has 118 valence electrons. The van der Waals surface area contributed by atoms with Gasteiger partial charge >= 0.3 is 5.97 Å². The molecule has 0 aromatic carbocycles. The zero-order valence-electron chi connectivity index (χ0n) is 13.5. The molecule has 20 heavy (non-hydrogen) atoms. The molecule has 1 aliphatic rings. The van der Waals surface area contributed by atoms with E-state index in [1.165, 1.54) is 38.6 Å². The van der Waals surface area contributed by atoms with Crippen molar-refractivity contribution in [1.29, 1.82) is 0 Å². The van der Waals surface area contributed by atoms with Crippen molar-refractivity contribution >= 4 is 5.97 Å². The number of carboxylic acids is 1. The summed E-state index contributed by atoms with van der Waals surface area (Å²) in [5.74, 6) is -0.717. The number of likely N-dealkylation sites (tertiary alicyclic amines) is 1. The molecule has 0 aliphatic carbocycles. The number of rotatable bonds is 8. The molecular formula is C16H32N2O2. The minimum Gasteiger partial charge on any atom is -0.480 e. The third-order valence-electron chi connectivity index (χ3n) is 5.01. The van der Waals surface area contributed by atoms with E-state index in [0.717, 1.165) is 13.0 Å². The first-order chi connectivity index (χ1) is 9.59. The Labute approximate surface area is 123 Å². The zero-order chi connectivity index (χ0) is 15.0. The van der Waals surface area contributed by atoms with Gasteiger partial charge in [0, 0.05) is 6.04 Å². The van der Waals surface area contributed by atoms with E-state index in [1.54, 1.807) is 7.05 Å². The third-order valence-corrected chi connectivity index (χ3v) is 5.01. The van der Waals surface area contributed by atoms with Gasteiger partial charge < -0.3 is 15.3 Å². The van der Waals surface area contributed by atoms with Crippen LogP contribution in [0, 0.1) is 0 Å². The largest absolute Gasteiger partial charge is 0.480 e. The lowest BCUT2D eigenvalue weighted by Crippen LogP contribution is -2.50. The lowest BCUT2D eigenvalue weighted by atomic mass is 9.90. The quantitative estimate of drug-likeness (QED) is 0.719. The molecule has 0 aromatic rings. The van der Waals surface area contributed by atoms with Crippen LogP contribution in [0.1, 0.15) is 65.2 Å². The summed E-state index contributed by atoms with van der Waals surface area (Å²) in [6.45, 7) is 6.44. The predicted molar refractivity (Wildman–Crippen MR) is 83.1 cm³/mol. The van der Waals surface area contributed by atoms with Gasteiger partial charge in [0.15, 0.2) is 0 Å². The minimum absolute atomic E-state index is 0.635. The number of nitrogens with one attached hydrogen (secondary N) is 1. The number of hydrogen-bond acceptors (Lipinski definition) is 3. The number of nitrogens with zero attached hydrogens (tertiary/aromatic N) is 1. The van der Waals surface area contributed by atoms with Crippen LogP contribution in [0.4, 0.5) is 0 Å². The molecule has 1 rings (SSSR count). The fourth-order valence-corrected chi connectivity index (χ4v) is 3.42.